The van der Waals surface area contributed by atoms with E-state index in [0.717, 1.165) is 19.3 Å². The molecule has 0 atom stereocenters. The zero-order chi connectivity index (χ0) is 9.61. The predicted molar refractivity (Wildman–Crippen MR) is 53.0 cm³/mol. The molecular formula is C9H20O2S. The van der Waals surface area contributed by atoms with Gasteiger partial charge < -0.3 is 0 Å². The van der Waals surface area contributed by atoms with Gasteiger partial charge in [0.2, 0.25) is 0 Å². The van der Waals surface area contributed by atoms with Crippen LogP contribution < -0.4 is 0 Å². The van der Waals surface area contributed by atoms with Crippen LogP contribution in [0.15, 0.2) is 0 Å². The van der Waals surface area contributed by atoms with Gasteiger partial charge in [-0.05, 0) is 12.3 Å². The van der Waals surface area contributed by atoms with E-state index in [1.54, 1.807) is 0 Å². The van der Waals surface area contributed by atoms with Gasteiger partial charge in [0.15, 0.2) is 9.84 Å². The Morgan fingerprint density at radius 3 is 2.17 bits per heavy atom. The van der Waals surface area contributed by atoms with E-state index in [9.17, 15) is 8.42 Å². The van der Waals surface area contributed by atoms with Gasteiger partial charge in [0, 0.05) is 0 Å². The third-order valence-corrected chi connectivity index (χ3v) is 3.73. The lowest BCUT2D eigenvalue weighted by molar-refractivity contribution is 0.577. The molecule has 0 unspecified atom stereocenters. The van der Waals surface area contributed by atoms with Crippen LogP contribution in [0.2, 0.25) is 0 Å². The number of sulfone groups is 1. The summed E-state index contributed by atoms with van der Waals surface area (Å²) in [7, 11) is -2.75. The predicted octanol–water partition coefficient (Wildman–Crippen LogP) is 2.25. The Balaban J connectivity index is 3.73. The minimum atomic E-state index is -2.75. The van der Waals surface area contributed by atoms with Gasteiger partial charge in [-0.15, -0.1) is 0 Å². The highest BCUT2D eigenvalue weighted by molar-refractivity contribution is 7.91. The van der Waals surface area contributed by atoms with Crippen LogP contribution in [0.5, 0.6) is 0 Å². The highest BCUT2D eigenvalue weighted by Crippen LogP contribution is 2.04. The summed E-state index contributed by atoms with van der Waals surface area (Å²) in [6.45, 7) is 5.96. The van der Waals surface area contributed by atoms with Crippen LogP contribution in [0.1, 0.15) is 40.0 Å². The molecule has 0 heterocycles. The summed E-state index contributed by atoms with van der Waals surface area (Å²) in [6, 6.07) is 0. The smallest absolute Gasteiger partial charge is 0.150 e. The molecule has 0 aromatic carbocycles. The lowest BCUT2D eigenvalue weighted by atomic mass is 10.3. The molecule has 2 nitrogen and oxygen atoms in total. The van der Waals surface area contributed by atoms with Crippen LogP contribution in [-0.4, -0.2) is 19.9 Å². The third kappa shape index (κ3) is 6.65. The van der Waals surface area contributed by atoms with Crippen LogP contribution in [0.3, 0.4) is 0 Å². The van der Waals surface area contributed by atoms with E-state index in [4.69, 9.17) is 0 Å². The van der Waals surface area contributed by atoms with Crippen LogP contribution in [0.4, 0.5) is 0 Å². The topological polar surface area (TPSA) is 34.1 Å². The van der Waals surface area contributed by atoms with Crippen molar-refractivity contribution in [2.45, 2.75) is 40.0 Å². The number of hydrogen-bond acceptors (Lipinski definition) is 2. The Kier molecular flexibility index (Phi) is 5.55. The van der Waals surface area contributed by atoms with E-state index in [1.165, 1.54) is 0 Å². The monoisotopic (exact) mass is 192 g/mol. The van der Waals surface area contributed by atoms with Gasteiger partial charge in [0.25, 0.3) is 0 Å². The highest BCUT2D eigenvalue weighted by atomic mass is 32.2. The van der Waals surface area contributed by atoms with Crippen molar-refractivity contribution in [1.29, 1.82) is 0 Å². The lowest BCUT2D eigenvalue weighted by Crippen LogP contribution is -2.15. The molecule has 0 radical (unpaired) electrons. The van der Waals surface area contributed by atoms with E-state index < -0.39 is 9.84 Å². The molecule has 0 bridgehead atoms. The zero-order valence-corrected chi connectivity index (χ0v) is 9.15. The molecular weight excluding hydrogens is 172 g/mol. The van der Waals surface area contributed by atoms with Crippen molar-refractivity contribution in [1.82, 2.24) is 0 Å². The van der Waals surface area contributed by atoms with Crippen molar-refractivity contribution in [3.8, 4) is 0 Å². The lowest BCUT2D eigenvalue weighted by Gasteiger charge is -2.05. The van der Waals surface area contributed by atoms with E-state index in [1.807, 2.05) is 13.8 Å². The van der Waals surface area contributed by atoms with Crippen LogP contribution in [0.25, 0.3) is 0 Å². The van der Waals surface area contributed by atoms with Gasteiger partial charge >= 0.3 is 0 Å². The van der Waals surface area contributed by atoms with Crippen molar-refractivity contribution in [2.24, 2.45) is 5.92 Å². The summed E-state index contributed by atoms with van der Waals surface area (Å²) in [5.41, 5.74) is 0. The second-order valence-corrected chi connectivity index (χ2v) is 5.94. The first-order valence-corrected chi connectivity index (χ1v) is 6.50. The maximum absolute atomic E-state index is 11.3. The average molecular weight is 192 g/mol. The molecule has 74 valence electrons. The second kappa shape index (κ2) is 5.57. The standard InChI is InChI=1S/C9H20O2S/c1-4-5-6-7-12(10,11)8-9(2)3/h9H,4-8H2,1-3H3. The largest absolute Gasteiger partial charge is 0.229 e. The van der Waals surface area contributed by atoms with Crippen molar-refractivity contribution in [3.05, 3.63) is 0 Å². The fourth-order valence-corrected chi connectivity index (χ4v) is 2.99. The van der Waals surface area contributed by atoms with Gasteiger partial charge in [-0.2, -0.15) is 0 Å². The maximum atomic E-state index is 11.3. The Morgan fingerprint density at radius 1 is 1.17 bits per heavy atom. The van der Waals surface area contributed by atoms with Crippen molar-refractivity contribution in [3.63, 3.8) is 0 Å². The Labute approximate surface area is 76.3 Å². The molecule has 0 aromatic rings. The fraction of sp³-hybridized carbons (Fsp3) is 1.00. The van der Waals surface area contributed by atoms with Gasteiger partial charge in [0.1, 0.15) is 0 Å². The Morgan fingerprint density at radius 2 is 1.75 bits per heavy atom. The van der Waals surface area contributed by atoms with Crippen LogP contribution >= 0.6 is 0 Å². The molecule has 0 rings (SSSR count). The van der Waals surface area contributed by atoms with Gasteiger partial charge in [-0.3, -0.25) is 0 Å². The SMILES string of the molecule is CCCCCS(=O)(=O)CC(C)C. The molecule has 0 N–H and O–H groups in total. The minimum absolute atomic E-state index is 0.261. The van der Waals surface area contributed by atoms with Crippen LogP contribution in [0, 0.1) is 5.92 Å². The number of hydrogen-bond donors (Lipinski definition) is 0. The summed E-state index contributed by atoms with van der Waals surface area (Å²) in [4.78, 5) is 0. The normalized spacial score (nSPS) is 12.3. The average Bonchev–Trinajstić information content (AvgIpc) is 1.84. The van der Waals surface area contributed by atoms with Gasteiger partial charge in [-0.1, -0.05) is 33.6 Å². The molecule has 3 heteroatoms. The van der Waals surface area contributed by atoms with Crippen molar-refractivity contribution >= 4 is 9.84 Å². The Hall–Kier alpha value is -0.0500. The zero-order valence-electron chi connectivity index (χ0n) is 8.34. The molecule has 0 aliphatic carbocycles. The second-order valence-electron chi connectivity index (χ2n) is 3.72. The fourth-order valence-electron chi connectivity index (χ4n) is 1.16. The first-order chi connectivity index (χ1) is 5.48. The molecule has 0 amide bonds. The minimum Gasteiger partial charge on any atom is -0.229 e. The van der Waals surface area contributed by atoms with Crippen molar-refractivity contribution < 1.29 is 8.42 Å². The summed E-state index contributed by atoms with van der Waals surface area (Å²) >= 11 is 0. The summed E-state index contributed by atoms with van der Waals surface area (Å²) in [6.07, 6.45) is 2.93. The quantitative estimate of drug-likeness (QED) is 0.605. The molecule has 0 spiro atoms. The molecule has 0 aromatic heterocycles. The summed E-state index contributed by atoms with van der Waals surface area (Å²) < 4.78 is 22.6. The van der Waals surface area contributed by atoms with Crippen molar-refractivity contribution in [2.75, 3.05) is 11.5 Å². The summed E-state index contributed by atoms with van der Waals surface area (Å²) in [5, 5.41) is 0. The third-order valence-electron chi connectivity index (χ3n) is 1.65. The molecule has 0 fully saturated rings. The molecule has 0 saturated carbocycles. The van der Waals surface area contributed by atoms with E-state index in [-0.39, 0.29) is 5.92 Å². The Bertz CT molecular complexity index is 193. The highest BCUT2D eigenvalue weighted by Gasteiger charge is 2.11. The van der Waals surface area contributed by atoms with Gasteiger partial charge in [-0.25, -0.2) is 8.42 Å². The number of unbranched alkanes of at least 4 members (excludes halogenated alkanes) is 2. The van der Waals surface area contributed by atoms with Crippen LogP contribution in [-0.2, 0) is 9.84 Å². The van der Waals surface area contributed by atoms with E-state index in [0.29, 0.717) is 11.5 Å². The molecule has 0 saturated heterocycles. The molecule has 0 aliphatic rings. The van der Waals surface area contributed by atoms with E-state index >= 15 is 0 Å². The number of rotatable bonds is 6. The molecule has 12 heavy (non-hydrogen) atoms. The van der Waals surface area contributed by atoms with E-state index in [2.05, 4.69) is 6.92 Å². The van der Waals surface area contributed by atoms with Gasteiger partial charge in [0.05, 0.1) is 11.5 Å². The summed E-state index contributed by atoms with van der Waals surface area (Å²) in [5.74, 6) is 0.979. The maximum Gasteiger partial charge on any atom is 0.150 e. The molecule has 0 aliphatic heterocycles. The first kappa shape index (κ1) is 11.9. The first-order valence-electron chi connectivity index (χ1n) is 4.68.